The summed E-state index contributed by atoms with van der Waals surface area (Å²) in [4.78, 5) is 14.4. The minimum absolute atomic E-state index is 0.152. The van der Waals surface area contributed by atoms with Crippen LogP contribution in [0.2, 0.25) is 0 Å². The van der Waals surface area contributed by atoms with E-state index < -0.39 is 0 Å². The van der Waals surface area contributed by atoms with Gasteiger partial charge in [-0.1, -0.05) is 36.4 Å². The number of fused-ring (bicyclic) bond motifs is 1. The van der Waals surface area contributed by atoms with E-state index in [4.69, 9.17) is 0 Å². The number of hydrogen-bond donors (Lipinski definition) is 0. The quantitative estimate of drug-likeness (QED) is 0.540. The molecule has 0 N–H and O–H groups in total. The van der Waals surface area contributed by atoms with Crippen molar-refractivity contribution in [2.75, 3.05) is 13.1 Å². The molecular formula is C25H27FN2O. The third kappa shape index (κ3) is 3.98. The normalized spacial score (nSPS) is 15.8. The number of piperidine rings is 1. The molecule has 1 aliphatic rings. The number of amides is 1. The van der Waals surface area contributed by atoms with Crippen LogP contribution in [-0.4, -0.2) is 28.5 Å². The van der Waals surface area contributed by atoms with Crippen LogP contribution in [0.4, 0.5) is 4.39 Å². The van der Waals surface area contributed by atoms with Crippen molar-refractivity contribution in [2.24, 2.45) is 0 Å². The number of nitrogens with zero attached hydrogens (tertiary/aromatic N) is 2. The van der Waals surface area contributed by atoms with Crippen molar-refractivity contribution >= 4 is 16.8 Å². The molecule has 1 aliphatic heterocycles. The van der Waals surface area contributed by atoms with Gasteiger partial charge in [-0.25, -0.2) is 4.39 Å². The summed E-state index contributed by atoms with van der Waals surface area (Å²) in [5, 5.41) is 1.26. The maximum atomic E-state index is 13.6. The van der Waals surface area contributed by atoms with Gasteiger partial charge in [-0.15, -0.1) is 0 Å². The van der Waals surface area contributed by atoms with Gasteiger partial charge in [0.05, 0.1) is 0 Å². The van der Waals surface area contributed by atoms with Gasteiger partial charge >= 0.3 is 0 Å². The lowest BCUT2D eigenvalue weighted by Gasteiger charge is -2.32. The van der Waals surface area contributed by atoms with Crippen LogP contribution in [0.5, 0.6) is 0 Å². The van der Waals surface area contributed by atoms with E-state index in [0.29, 0.717) is 12.5 Å². The van der Waals surface area contributed by atoms with Crippen LogP contribution < -0.4 is 0 Å². The van der Waals surface area contributed by atoms with Crippen LogP contribution in [0.15, 0.2) is 66.4 Å². The Hall–Kier alpha value is -2.88. The highest BCUT2D eigenvalue weighted by Crippen LogP contribution is 2.35. The van der Waals surface area contributed by atoms with Crippen LogP contribution in [0.25, 0.3) is 10.9 Å². The number of likely N-dealkylation sites (tertiary alicyclic amines) is 1. The van der Waals surface area contributed by atoms with Crippen LogP contribution in [-0.2, 0) is 11.3 Å². The molecule has 0 bridgehead atoms. The summed E-state index contributed by atoms with van der Waals surface area (Å²) in [7, 11) is 0. The van der Waals surface area contributed by atoms with Gasteiger partial charge in [-0.05, 0) is 61.9 Å². The number of carbonyl (C=O) groups excluding carboxylic acids is 1. The maximum Gasteiger partial charge on any atom is 0.249 e. The van der Waals surface area contributed by atoms with Gasteiger partial charge < -0.3 is 9.47 Å². The molecule has 0 radical (unpaired) electrons. The average molecular weight is 391 g/mol. The van der Waals surface area contributed by atoms with E-state index in [1.807, 2.05) is 30.9 Å². The standard InChI is InChI=1S/C25H27FN2O/c1-3-18(2)25(29)27-13-11-20(12-14-27)23-17-28(24-10-5-4-9-22(23)24)16-19-7-6-8-21(26)15-19/h3-10,15,17,20H,11-14,16H2,1-2H3/b18-3+. The fourth-order valence-electron chi connectivity index (χ4n) is 4.33. The lowest BCUT2D eigenvalue weighted by molar-refractivity contribution is -0.128. The molecule has 0 aliphatic carbocycles. The van der Waals surface area contributed by atoms with Crippen LogP contribution in [0, 0.1) is 5.82 Å². The largest absolute Gasteiger partial charge is 0.343 e. The van der Waals surface area contributed by atoms with Crippen molar-refractivity contribution in [1.82, 2.24) is 9.47 Å². The lowest BCUT2D eigenvalue weighted by Crippen LogP contribution is -2.38. The van der Waals surface area contributed by atoms with E-state index in [-0.39, 0.29) is 11.7 Å². The number of benzene rings is 2. The summed E-state index contributed by atoms with van der Waals surface area (Å²) >= 11 is 0. The predicted octanol–water partition coefficient (Wildman–Crippen LogP) is 5.50. The van der Waals surface area contributed by atoms with E-state index in [0.717, 1.165) is 37.1 Å². The Balaban J connectivity index is 1.58. The Kier molecular flexibility index (Phi) is 5.52. The molecule has 0 spiro atoms. The average Bonchev–Trinajstić information content (AvgIpc) is 3.11. The smallest absolute Gasteiger partial charge is 0.249 e. The van der Waals surface area contributed by atoms with Gasteiger partial charge in [0.25, 0.3) is 0 Å². The van der Waals surface area contributed by atoms with Crippen molar-refractivity contribution in [3.8, 4) is 0 Å². The van der Waals surface area contributed by atoms with Gasteiger partial charge in [-0.2, -0.15) is 0 Å². The highest BCUT2D eigenvalue weighted by molar-refractivity contribution is 5.92. The van der Waals surface area contributed by atoms with Gasteiger partial charge in [0.1, 0.15) is 5.82 Å². The molecule has 4 rings (SSSR count). The molecule has 2 aromatic carbocycles. The predicted molar refractivity (Wildman–Crippen MR) is 115 cm³/mol. The first-order valence-electron chi connectivity index (χ1n) is 10.3. The number of hydrogen-bond acceptors (Lipinski definition) is 1. The SMILES string of the molecule is C/C=C(\C)C(=O)N1CCC(c2cn(Cc3cccc(F)c3)c3ccccc23)CC1. The Labute approximate surface area is 171 Å². The van der Waals surface area contributed by atoms with Gasteiger partial charge in [0.15, 0.2) is 0 Å². The first-order chi connectivity index (χ1) is 14.1. The minimum atomic E-state index is -0.201. The summed E-state index contributed by atoms with van der Waals surface area (Å²) in [5.41, 5.74) is 4.29. The number of para-hydroxylation sites is 1. The highest BCUT2D eigenvalue weighted by Gasteiger charge is 2.26. The number of halogens is 1. The highest BCUT2D eigenvalue weighted by atomic mass is 19.1. The fraction of sp³-hybridized carbons (Fsp3) is 0.320. The third-order valence-electron chi connectivity index (χ3n) is 6.05. The molecule has 0 unspecified atom stereocenters. The second kappa shape index (κ2) is 8.24. The van der Waals surface area contributed by atoms with Crippen molar-refractivity contribution in [2.45, 2.75) is 39.2 Å². The first-order valence-corrected chi connectivity index (χ1v) is 10.3. The number of allylic oxidation sites excluding steroid dienone is 1. The van der Waals surface area contributed by atoms with Crippen LogP contribution >= 0.6 is 0 Å². The summed E-state index contributed by atoms with van der Waals surface area (Å²) in [6.45, 7) is 6.02. The fourth-order valence-corrected chi connectivity index (χ4v) is 4.33. The molecule has 0 atom stereocenters. The molecule has 1 saturated heterocycles. The number of rotatable bonds is 4. The summed E-state index contributed by atoms with van der Waals surface area (Å²) in [6.07, 6.45) is 6.05. The van der Waals surface area contributed by atoms with Crippen molar-refractivity contribution in [1.29, 1.82) is 0 Å². The Bertz CT molecular complexity index is 1060. The Morgan fingerprint density at radius 3 is 2.62 bits per heavy atom. The van der Waals surface area contributed by atoms with Gasteiger partial charge in [0.2, 0.25) is 5.91 Å². The van der Waals surface area contributed by atoms with E-state index in [9.17, 15) is 9.18 Å². The van der Waals surface area contributed by atoms with E-state index in [1.54, 1.807) is 12.1 Å². The summed E-state index contributed by atoms with van der Waals surface area (Å²) in [6, 6.07) is 15.2. The molecule has 1 amide bonds. The molecule has 2 heterocycles. The monoisotopic (exact) mass is 390 g/mol. The molecule has 3 aromatic rings. The van der Waals surface area contributed by atoms with Crippen LogP contribution in [0.1, 0.15) is 43.7 Å². The van der Waals surface area contributed by atoms with E-state index in [2.05, 4.69) is 35.0 Å². The maximum absolute atomic E-state index is 13.6. The topological polar surface area (TPSA) is 25.2 Å². The Morgan fingerprint density at radius 1 is 1.14 bits per heavy atom. The van der Waals surface area contributed by atoms with Crippen LogP contribution in [0.3, 0.4) is 0 Å². The zero-order chi connectivity index (χ0) is 20.4. The van der Waals surface area contributed by atoms with E-state index >= 15 is 0 Å². The zero-order valence-corrected chi connectivity index (χ0v) is 17.1. The second-order valence-electron chi connectivity index (χ2n) is 7.90. The second-order valence-corrected chi connectivity index (χ2v) is 7.90. The number of carbonyl (C=O) groups is 1. The molecule has 150 valence electrons. The van der Waals surface area contributed by atoms with Gasteiger partial charge in [0, 0.05) is 42.3 Å². The summed E-state index contributed by atoms with van der Waals surface area (Å²) < 4.78 is 15.8. The molecule has 1 aromatic heterocycles. The zero-order valence-electron chi connectivity index (χ0n) is 17.1. The van der Waals surface area contributed by atoms with Gasteiger partial charge in [-0.3, -0.25) is 4.79 Å². The molecule has 0 saturated carbocycles. The third-order valence-corrected chi connectivity index (χ3v) is 6.05. The molecule has 3 nitrogen and oxygen atoms in total. The lowest BCUT2D eigenvalue weighted by atomic mass is 9.89. The molecule has 29 heavy (non-hydrogen) atoms. The minimum Gasteiger partial charge on any atom is -0.343 e. The van der Waals surface area contributed by atoms with E-state index in [1.165, 1.54) is 22.5 Å². The van der Waals surface area contributed by atoms with Crippen molar-refractivity contribution in [3.63, 3.8) is 0 Å². The first kappa shape index (κ1) is 19.4. The number of aromatic nitrogens is 1. The summed E-state index contributed by atoms with van der Waals surface area (Å²) in [5.74, 6) is 0.385. The Morgan fingerprint density at radius 2 is 1.90 bits per heavy atom. The van der Waals surface area contributed by atoms with Crippen molar-refractivity contribution in [3.05, 3.63) is 83.3 Å². The molecule has 4 heteroatoms. The molecule has 1 fully saturated rings. The van der Waals surface area contributed by atoms with Crippen molar-refractivity contribution < 1.29 is 9.18 Å². The molecular weight excluding hydrogens is 363 g/mol.